The number of benzene rings is 2. The van der Waals surface area contributed by atoms with E-state index in [0.717, 1.165) is 40.7 Å². The van der Waals surface area contributed by atoms with Gasteiger partial charge in [-0.15, -0.1) is 0 Å². The fourth-order valence-corrected chi connectivity index (χ4v) is 5.19. The molecule has 2 aromatic rings. The number of hydroxylamine groups is 2. The summed E-state index contributed by atoms with van der Waals surface area (Å²) in [7, 11) is 0. The van der Waals surface area contributed by atoms with E-state index in [2.05, 4.69) is 13.8 Å². The van der Waals surface area contributed by atoms with Crippen LogP contribution in [-0.4, -0.2) is 70.1 Å². The van der Waals surface area contributed by atoms with Crippen LogP contribution in [-0.2, 0) is 30.6 Å². The van der Waals surface area contributed by atoms with Crippen LogP contribution >= 0.6 is 0 Å². The van der Waals surface area contributed by atoms with E-state index in [1.807, 2.05) is 49.4 Å². The number of hydrogen-bond acceptors (Lipinski definition) is 6. The molecule has 10 nitrogen and oxygen atoms in total. The van der Waals surface area contributed by atoms with Gasteiger partial charge in [0.05, 0.1) is 13.0 Å². The lowest BCUT2D eigenvalue weighted by atomic mass is 9.99. The van der Waals surface area contributed by atoms with Crippen LogP contribution in [0.4, 0.5) is 4.79 Å². The molecule has 0 saturated carbocycles. The van der Waals surface area contributed by atoms with Gasteiger partial charge in [-0.05, 0) is 35.1 Å². The van der Waals surface area contributed by atoms with Crippen molar-refractivity contribution in [3.63, 3.8) is 0 Å². The highest BCUT2D eigenvalue weighted by molar-refractivity contribution is 5.94. The minimum absolute atomic E-state index is 0.0174. The predicted octanol–water partition coefficient (Wildman–Crippen LogP) is 3.57. The highest BCUT2D eigenvalue weighted by atomic mass is 16.7. The van der Waals surface area contributed by atoms with E-state index in [-0.39, 0.29) is 19.1 Å². The molecule has 0 radical (unpaired) electrons. The molecule has 2 aliphatic heterocycles. The number of rotatable bonds is 10. The third-order valence-electron chi connectivity index (χ3n) is 7.28. The lowest BCUT2D eigenvalue weighted by Gasteiger charge is -2.52. The maximum Gasteiger partial charge on any atom is 0.436 e. The van der Waals surface area contributed by atoms with Crippen molar-refractivity contribution in [2.75, 3.05) is 13.1 Å². The van der Waals surface area contributed by atoms with Gasteiger partial charge in [0.1, 0.15) is 12.6 Å². The SMILES string of the molecule is CCCC[C@H]1C(=O)N(CCC(C)C)C[C@@H]2N(C(=O)OCc3cccc4ccccc34)O[C@@H](CC(N)=O)C(=O)N21. The molecule has 0 spiro atoms. The number of piperazine rings is 1. The van der Waals surface area contributed by atoms with Crippen molar-refractivity contribution in [2.45, 2.75) is 77.8 Å². The van der Waals surface area contributed by atoms with Crippen LogP contribution in [0, 0.1) is 5.92 Å². The third kappa shape index (κ3) is 6.33. The molecule has 0 bridgehead atoms. The summed E-state index contributed by atoms with van der Waals surface area (Å²) in [6.07, 6.45) is -0.635. The summed E-state index contributed by atoms with van der Waals surface area (Å²) < 4.78 is 5.69. The molecule has 210 valence electrons. The average Bonchev–Trinajstić information content (AvgIpc) is 2.91. The largest absolute Gasteiger partial charge is 0.443 e. The molecule has 3 atom stereocenters. The Morgan fingerprint density at radius 1 is 1.10 bits per heavy atom. The molecule has 0 unspecified atom stereocenters. The molecule has 2 saturated heterocycles. The second-order valence-corrected chi connectivity index (χ2v) is 10.6. The lowest BCUT2D eigenvalue weighted by Crippen LogP contribution is -2.73. The molecular weight excluding hydrogens is 500 g/mol. The Kier molecular flexibility index (Phi) is 9.06. The highest BCUT2D eigenvalue weighted by Crippen LogP contribution is 2.31. The normalized spacial score (nSPS) is 21.4. The van der Waals surface area contributed by atoms with E-state index in [4.69, 9.17) is 15.3 Å². The molecular formula is C29H38N4O6. The van der Waals surface area contributed by atoms with Crippen LogP contribution in [0.3, 0.4) is 0 Å². The molecule has 0 aliphatic carbocycles. The summed E-state index contributed by atoms with van der Waals surface area (Å²) in [5.74, 6) is -1.05. The first-order chi connectivity index (χ1) is 18.7. The summed E-state index contributed by atoms with van der Waals surface area (Å²) in [6, 6.07) is 12.8. The van der Waals surface area contributed by atoms with Gasteiger partial charge < -0.3 is 20.3 Å². The Labute approximate surface area is 228 Å². The van der Waals surface area contributed by atoms with Crippen molar-refractivity contribution in [3.8, 4) is 0 Å². The molecule has 2 N–H and O–H groups in total. The highest BCUT2D eigenvalue weighted by Gasteiger charge is 2.53. The van der Waals surface area contributed by atoms with Crippen molar-refractivity contribution in [1.29, 1.82) is 0 Å². The number of carbonyl (C=O) groups excluding carboxylic acids is 4. The number of nitrogens with two attached hydrogens (primary N) is 1. The number of carbonyl (C=O) groups is 4. The standard InChI is InChI=1S/C29H38N4O6/c1-4-5-13-23-27(35)31(15-14-19(2)3)17-26-32(23)28(36)24(16-25(30)34)39-33(26)29(37)38-18-21-11-8-10-20-9-6-7-12-22(20)21/h6-12,19,23-24,26H,4-5,13-18H2,1-3H3,(H2,30,34)/t23-,24-,26-/m0/s1. The van der Waals surface area contributed by atoms with Gasteiger partial charge in [-0.1, -0.05) is 76.1 Å². The molecule has 2 heterocycles. The zero-order valence-corrected chi connectivity index (χ0v) is 22.9. The fraction of sp³-hybridized carbons (Fsp3) is 0.517. The third-order valence-corrected chi connectivity index (χ3v) is 7.28. The van der Waals surface area contributed by atoms with Crippen molar-refractivity contribution < 1.29 is 28.8 Å². The van der Waals surface area contributed by atoms with E-state index in [0.29, 0.717) is 18.9 Å². The predicted molar refractivity (Wildman–Crippen MR) is 145 cm³/mol. The summed E-state index contributed by atoms with van der Waals surface area (Å²) in [5, 5.41) is 3.00. The number of hydrogen-bond donors (Lipinski definition) is 1. The molecule has 2 aromatic carbocycles. The number of nitrogens with zero attached hydrogens (tertiary/aromatic N) is 3. The van der Waals surface area contributed by atoms with Crippen LogP contribution < -0.4 is 5.73 Å². The quantitative estimate of drug-likeness (QED) is 0.494. The number of fused-ring (bicyclic) bond motifs is 2. The van der Waals surface area contributed by atoms with Crippen LogP contribution in [0.2, 0.25) is 0 Å². The molecule has 4 rings (SSSR count). The van der Waals surface area contributed by atoms with Crippen molar-refractivity contribution in [2.24, 2.45) is 11.7 Å². The Bertz CT molecular complexity index is 1210. The van der Waals surface area contributed by atoms with Crippen molar-refractivity contribution in [1.82, 2.24) is 14.9 Å². The minimum atomic E-state index is -1.32. The van der Waals surface area contributed by atoms with Crippen LogP contribution in [0.1, 0.15) is 58.4 Å². The Hall–Kier alpha value is -3.66. The van der Waals surface area contributed by atoms with E-state index >= 15 is 0 Å². The first-order valence-electron chi connectivity index (χ1n) is 13.7. The second-order valence-electron chi connectivity index (χ2n) is 10.6. The van der Waals surface area contributed by atoms with Gasteiger partial charge in [-0.25, -0.2) is 4.79 Å². The van der Waals surface area contributed by atoms with E-state index in [1.165, 1.54) is 4.90 Å². The van der Waals surface area contributed by atoms with E-state index in [9.17, 15) is 19.2 Å². The first kappa shape index (κ1) is 28.4. The maximum atomic E-state index is 13.5. The lowest BCUT2D eigenvalue weighted by molar-refractivity contribution is -0.267. The summed E-state index contributed by atoms with van der Waals surface area (Å²) in [6.45, 7) is 6.74. The van der Waals surface area contributed by atoms with Gasteiger partial charge in [0, 0.05) is 6.54 Å². The van der Waals surface area contributed by atoms with Gasteiger partial charge in [-0.3, -0.25) is 19.2 Å². The van der Waals surface area contributed by atoms with Crippen LogP contribution in [0.5, 0.6) is 0 Å². The summed E-state index contributed by atoms with van der Waals surface area (Å²) in [4.78, 5) is 61.3. The maximum absolute atomic E-state index is 13.5. The van der Waals surface area contributed by atoms with Crippen molar-refractivity contribution in [3.05, 3.63) is 48.0 Å². The second kappa shape index (κ2) is 12.5. The molecule has 2 fully saturated rings. The smallest absolute Gasteiger partial charge is 0.436 e. The van der Waals surface area contributed by atoms with Crippen LogP contribution in [0.15, 0.2) is 42.5 Å². The molecule has 10 heteroatoms. The molecule has 0 aromatic heterocycles. The van der Waals surface area contributed by atoms with Gasteiger partial charge >= 0.3 is 6.09 Å². The van der Waals surface area contributed by atoms with Crippen LogP contribution in [0.25, 0.3) is 10.8 Å². The molecule has 39 heavy (non-hydrogen) atoms. The zero-order valence-electron chi connectivity index (χ0n) is 22.9. The Morgan fingerprint density at radius 3 is 2.56 bits per heavy atom. The topological polar surface area (TPSA) is 122 Å². The minimum Gasteiger partial charge on any atom is -0.443 e. The Balaban J connectivity index is 1.62. The fourth-order valence-electron chi connectivity index (χ4n) is 5.19. The van der Waals surface area contributed by atoms with Gasteiger partial charge in [0.25, 0.3) is 5.91 Å². The number of primary amides is 1. The zero-order chi connectivity index (χ0) is 28.1. The number of ether oxygens (including phenoxy) is 1. The van der Waals surface area contributed by atoms with Gasteiger partial charge in [-0.2, -0.15) is 5.06 Å². The van der Waals surface area contributed by atoms with E-state index < -0.39 is 42.6 Å². The number of amides is 4. The van der Waals surface area contributed by atoms with Crippen molar-refractivity contribution >= 4 is 34.6 Å². The Morgan fingerprint density at radius 2 is 1.85 bits per heavy atom. The summed E-state index contributed by atoms with van der Waals surface area (Å²) in [5.41, 5.74) is 6.21. The average molecular weight is 539 g/mol. The van der Waals surface area contributed by atoms with E-state index in [1.54, 1.807) is 4.90 Å². The van der Waals surface area contributed by atoms with Gasteiger partial charge in [0.15, 0.2) is 12.3 Å². The molecule has 4 amide bonds. The van der Waals surface area contributed by atoms with Gasteiger partial charge in [0.2, 0.25) is 11.8 Å². The monoisotopic (exact) mass is 538 g/mol. The first-order valence-corrected chi connectivity index (χ1v) is 13.7. The summed E-state index contributed by atoms with van der Waals surface area (Å²) >= 11 is 0. The molecule has 2 aliphatic rings. The number of unbranched alkanes of at least 4 members (excludes halogenated alkanes) is 1.